The maximum atomic E-state index is 13.4. The number of hydrogen-bond acceptors (Lipinski definition) is 5. The number of nitrogens with one attached hydrogen (secondary N) is 1. The van der Waals surface area contributed by atoms with E-state index in [1.807, 2.05) is 6.26 Å². The van der Waals surface area contributed by atoms with E-state index in [0.29, 0.717) is 5.75 Å². The quantitative estimate of drug-likeness (QED) is 0.675. The summed E-state index contributed by atoms with van der Waals surface area (Å²) in [7, 11) is 0. The Kier molecular flexibility index (Phi) is 5.82. The van der Waals surface area contributed by atoms with Gasteiger partial charge in [-0.1, -0.05) is 0 Å². The van der Waals surface area contributed by atoms with Crippen LogP contribution in [0.15, 0.2) is 12.1 Å². The fraction of sp³-hybridized carbons (Fsp3) is 0.500. The maximum absolute atomic E-state index is 13.4. The zero-order chi connectivity index (χ0) is 15.3. The van der Waals surface area contributed by atoms with Gasteiger partial charge in [-0.25, -0.2) is 4.39 Å². The number of ether oxygens (including phenoxy) is 1. The second-order valence-electron chi connectivity index (χ2n) is 4.53. The predicted octanol–water partition coefficient (Wildman–Crippen LogP) is 2.54. The number of nitrogen functional groups attached to an aromatic ring is 1. The van der Waals surface area contributed by atoms with Gasteiger partial charge in [0.15, 0.2) is 11.6 Å². The van der Waals surface area contributed by atoms with Gasteiger partial charge in [0.25, 0.3) is 0 Å². The van der Waals surface area contributed by atoms with E-state index in [1.54, 1.807) is 6.92 Å². The van der Waals surface area contributed by atoms with Crippen LogP contribution in [0.4, 0.5) is 24.5 Å². The van der Waals surface area contributed by atoms with Gasteiger partial charge < -0.3 is 20.9 Å². The Morgan fingerprint density at radius 1 is 1.50 bits per heavy atom. The van der Waals surface area contributed by atoms with Crippen molar-refractivity contribution in [2.75, 3.05) is 29.6 Å². The highest BCUT2D eigenvalue weighted by Gasteiger charge is 2.20. The summed E-state index contributed by atoms with van der Waals surface area (Å²) in [5.74, 6) is -1.09. The molecule has 0 amide bonds. The standard InChI is InChI=1S/C12H17F3N2O2S/c1-12(18,6-20-2)5-17-9-4-10(19-11(14)15)7(13)3-8(9)16/h3-4,11,17-18H,5-6,16H2,1-2H3. The van der Waals surface area contributed by atoms with Crippen LogP contribution in [-0.4, -0.2) is 35.9 Å². The van der Waals surface area contributed by atoms with E-state index < -0.39 is 23.8 Å². The molecule has 8 heteroatoms. The summed E-state index contributed by atoms with van der Waals surface area (Å²) >= 11 is 1.46. The maximum Gasteiger partial charge on any atom is 0.387 e. The lowest BCUT2D eigenvalue weighted by Crippen LogP contribution is -2.36. The Bertz CT molecular complexity index is 459. The molecule has 1 aromatic rings. The number of benzene rings is 1. The van der Waals surface area contributed by atoms with E-state index in [-0.39, 0.29) is 17.9 Å². The van der Waals surface area contributed by atoms with E-state index in [9.17, 15) is 18.3 Å². The molecule has 0 bridgehead atoms. The summed E-state index contributed by atoms with van der Waals surface area (Å²) in [5.41, 5.74) is 4.85. The third-order valence-corrected chi connectivity index (χ3v) is 3.35. The first-order valence-electron chi connectivity index (χ1n) is 5.74. The largest absolute Gasteiger partial charge is 0.432 e. The molecular formula is C12H17F3N2O2S. The van der Waals surface area contributed by atoms with Crippen LogP contribution in [0.3, 0.4) is 0 Å². The lowest BCUT2D eigenvalue weighted by molar-refractivity contribution is -0.0521. The van der Waals surface area contributed by atoms with Crippen molar-refractivity contribution in [1.29, 1.82) is 0 Å². The number of nitrogens with two attached hydrogens (primary N) is 1. The van der Waals surface area contributed by atoms with Crippen LogP contribution in [0.25, 0.3) is 0 Å². The van der Waals surface area contributed by atoms with E-state index in [4.69, 9.17) is 5.73 Å². The molecule has 1 rings (SSSR count). The second-order valence-corrected chi connectivity index (χ2v) is 5.40. The average Bonchev–Trinajstić information content (AvgIpc) is 2.30. The molecule has 0 aromatic heterocycles. The second kappa shape index (κ2) is 6.94. The molecule has 4 nitrogen and oxygen atoms in total. The van der Waals surface area contributed by atoms with Crippen molar-refractivity contribution < 1.29 is 23.0 Å². The fourth-order valence-electron chi connectivity index (χ4n) is 1.56. The molecule has 0 aliphatic heterocycles. The molecule has 4 N–H and O–H groups in total. The molecule has 1 atom stereocenters. The molecule has 0 saturated carbocycles. The topological polar surface area (TPSA) is 67.5 Å². The Hall–Kier alpha value is -1.28. The van der Waals surface area contributed by atoms with Crippen molar-refractivity contribution in [1.82, 2.24) is 0 Å². The molecule has 114 valence electrons. The highest BCUT2D eigenvalue weighted by Crippen LogP contribution is 2.29. The summed E-state index contributed by atoms with van der Waals surface area (Å²) in [5, 5.41) is 12.8. The van der Waals surface area contributed by atoms with Crippen molar-refractivity contribution in [3.63, 3.8) is 0 Å². The van der Waals surface area contributed by atoms with Crippen molar-refractivity contribution in [2.45, 2.75) is 19.1 Å². The molecule has 0 aliphatic rings. The van der Waals surface area contributed by atoms with Crippen LogP contribution < -0.4 is 15.8 Å². The average molecular weight is 310 g/mol. The number of aliphatic hydroxyl groups is 1. The highest BCUT2D eigenvalue weighted by atomic mass is 32.2. The minimum Gasteiger partial charge on any atom is -0.432 e. The van der Waals surface area contributed by atoms with Gasteiger partial charge in [0.2, 0.25) is 0 Å². The van der Waals surface area contributed by atoms with Gasteiger partial charge in [0, 0.05) is 24.4 Å². The molecule has 0 spiro atoms. The summed E-state index contributed by atoms with van der Waals surface area (Å²) < 4.78 is 41.7. The molecule has 1 aromatic carbocycles. The van der Waals surface area contributed by atoms with Crippen LogP contribution >= 0.6 is 11.8 Å². The summed E-state index contributed by atoms with van der Waals surface area (Å²) in [6.07, 6.45) is 1.84. The van der Waals surface area contributed by atoms with Crippen molar-refractivity contribution in [3.05, 3.63) is 17.9 Å². The van der Waals surface area contributed by atoms with Gasteiger partial charge >= 0.3 is 6.61 Å². The third-order valence-electron chi connectivity index (χ3n) is 2.44. The molecule has 0 aliphatic carbocycles. The third kappa shape index (κ3) is 5.01. The number of hydrogen-bond donors (Lipinski definition) is 3. The van der Waals surface area contributed by atoms with Gasteiger partial charge in [0.1, 0.15) is 0 Å². The predicted molar refractivity (Wildman–Crippen MR) is 74.9 cm³/mol. The van der Waals surface area contributed by atoms with Crippen molar-refractivity contribution in [2.24, 2.45) is 0 Å². The Morgan fingerprint density at radius 2 is 2.15 bits per heavy atom. The number of halogens is 3. The number of alkyl halides is 2. The Labute approximate surface area is 119 Å². The van der Waals surface area contributed by atoms with E-state index in [2.05, 4.69) is 10.1 Å². The molecule has 0 fully saturated rings. The fourth-order valence-corrected chi connectivity index (χ4v) is 2.28. The lowest BCUT2D eigenvalue weighted by Gasteiger charge is -2.24. The van der Waals surface area contributed by atoms with Crippen molar-refractivity contribution >= 4 is 23.1 Å². The smallest absolute Gasteiger partial charge is 0.387 e. The minimum absolute atomic E-state index is 0.0454. The van der Waals surface area contributed by atoms with Gasteiger partial charge in [0.05, 0.1) is 17.0 Å². The number of anilines is 2. The summed E-state index contributed by atoms with van der Waals surface area (Å²) in [4.78, 5) is 0. The number of thioether (sulfide) groups is 1. The monoisotopic (exact) mass is 310 g/mol. The van der Waals surface area contributed by atoms with Crippen LogP contribution in [0.5, 0.6) is 5.75 Å². The molecular weight excluding hydrogens is 293 g/mol. The number of rotatable bonds is 7. The highest BCUT2D eigenvalue weighted by molar-refractivity contribution is 7.98. The first-order chi connectivity index (χ1) is 9.25. The minimum atomic E-state index is -3.12. The van der Waals surface area contributed by atoms with Crippen LogP contribution in [0.1, 0.15) is 6.92 Å². The van der Waals surface area contributed by atoms with Gasteiger partial charge in [-0.3, -0.25) is 0 Å². The summed E-state index contributed by atoms with van der Waals surface area (Å²) in [6.45, 7) is -1.37. The van der Waals surface area contributed by atoms with Gasteiger partial charge in [-0.2, -0.15) is 20.5 Å². The zero-order valence-electron chi connectivity index (χ0n) is 11.1. The summed E-state index contributed by atoms with van der Waals surface area (Å²) in [6, 6.07) is 1.94. The van der Waals surface area contributed by atoms with E-state index in [0.717, 1.165) is 12.1 Å². The van der Waals surface area contributed by atoms with E-state index >= 15 is 0 Å². The Balaban J connectivity index is 2.84. The first-order valence-corrected chi connectivity index (χ1v) is 7.13. The van der Waals surface area contributed by atoms with Gasteiger partial charge in [-0.05, 0) is 13.2 Å². The lowest BCUT2D eigenvalue weighted by atomic mass is 10.1. The van der Waals surface area contributed by atoms with Gasteiger partial charge in [-0.15, -0.1) is 0 Å². The van der Waals surface area contributed by atoms with Crippen LogP contribution in [-0.2, 0) is 0 Å². The zero-order valence-corrected chi connectivity index (χ0v) is 11.9. The molecule has 1 unspecified atom stereocenters. The molecule has 0 heterocycles. The molecule has 20 heavy (non-hydrogen) atoms. The first kappa shape index (κ1) is 16.8. The van der Waals surface area contributed by atoms with Crippen molar-refractivity contribution in [3.8, 4) is 5.75 Å². The molecule has 0 saturated heterocycles. The molecule has 0 radical (unpaired) electrons. The Morgan fingerprint density at radius 3 is 2.70 bits per heavy atom. The van der Waals surface area contributed by atoms with Crippen LogP contribution in [0.2, 0.25) is 0 Å². The SMILES string of the molecule is CSCC(C)(O)CNc1cc(OC(F)F)c(F)cc1N. The normalized spacial score (nSPS) is 14.2. The van der Waals surface area contributed by atoms with Crippen LogP contribution in [0, 0.1) is 5.82 Å². The van der Waals surface area contributed by atoms with E-state index in [1.165, 1.54) is 11.8 Å².